The predicted octanol–water partition coefficient (Wildman–Crippen LogP) is 5.82. The lowest BCUT2D eigenvalue weighted by atomic mass is 9.91. The molecule has 0 atom stereocenters. The van der Waals surface area contributed by atoms with Crippen LogP contribution in [0.2, 0.25) is 0 Å². The van der Waals surface area contributed by atoms with Gasteiger partial charge in [-0.2, -0.15) is 0 Å². The highest BCUT2D eigenvalue weighted by atomic mass is 16.5. The lowest BCUT2D eigenvalue weighted by Gasteiger charge is -2.22. The smallest absolute Gasteiger partial charge is 0.337 e. The molecular formula is C30H30N2O3. The van der Waals surface area contributed by atoms with Gasteiger partial charge in [-0.25, -0.2) is 4.79 Å². The standard InChI is InChI=1S/C30H30N2O3/c1-35-30(34)27-6-4-5-24(18-27)22-9-11-23(12-10-22)29(33)31-28-14-13-25-17-21(7-8-26(25)19-28)20-32-15-2-3-16-32/h4-6,9-14,17-19H,2-3,7-8,15-16,20H2,1H3,(H,31,33). The van der Waals surface area contributed by atoms with Crippen LogP contribution in [0.15, 0.2) is 72.3 Å². The van der Waals surface area contributed by atoms with E-state index in [0.29, 0.717) is 11.1 Å². The molecule has 0 radical (unpaired) electrons. The minimum atomic E-state index is -0.369. The van der Waals surface area contributed by atoms with Gasteiger partial charge in [-0.3, -0.25) is 9.69 Å². The Morgan fingerprint density at radius 2 is 1.69 bits per heavy atom. The van der Waals surface area contributed by atoms with Crippen molar-refractivity contribution in [2.24, 2.45) is 0 Å². The fourth-order valence-electron chi connectivity index (χ4n) is 4.94. The number of ether oxygens (including phenoxy) is 1. The minimum Gasteiger partial charge on any atom is -0.465 e. The Morgan fingerprint density at radius 1 is 0.886 bits per heavy atom. The molecule has 5 rings (SSSR count). The zero-order chi connectivity index (χ0) is 24.2. The number of carbonyl (C=O) groups excluding carboxylic acids is 2. The minimum absolute atomic E-state index is 0.138. The van der Waals surface area contributed by atoms with E-state index in [1.807, 2.05) is 30.3 Å². The fourth-order valence-corrected chi connectivity index (χ4v) is 4.94. The molecule has 1 aliphatic heterocycles. The molecule has 0 spiro atoms. The van der Waals surface area contributed by atoms with Crippen LogP contribution in [-0.4, -0.2) is 43.5 Å². The molecule has 178 valence electrons. The first-order valence-electron chi connectivity index (χ1n) is 12.2. The maximum Gasteiger partial charge on any atom is 0.337 e. The average molecular weight is 467 g/mol. The van der Waals surface area contributed by atoms with Crippen molar-refractivity contribution in [3.8, 4) is 11.1 Å². The van der Waals surface area contributed by atoms with E-state index < -0.39 is 0 Å². The van der Waals surface area contributed by atoms with Gasteiger partial charge in [0.05, 0.1) is 12.7 Å². The van der Waals surface area contributed by atoms with E-state index in [2.05, 4.69) is 28.4 Å². The van der Waals surface area contributed by atoms with E-state index in [4.69, 9.17) is 4.74 Å². The summed E-state index contributed by atoms with van der Waals surface area (Å²) in [4.78, 5) is 27.2. The largest absolute Gasteiger partial charge is 0.465 e. The van der Waals surface area contributed by atoms with Crippen LogP contribution in [0.1, 0.15) is 51.1 Å². The second kappa shape index (κ2) is 10.3. The van der Waals surface area contributed by atoms with Crippen LogP contribution in [0.5, 0.6) is 0 Å². The van der Waals surface area contributed by atoms with Gasteiger partial charge in [0.15, 0.2) is 0 Å². The molecule has 0 aromatic heterocycles. The Bertz CT molecular complexity index is 1270. The number of carbonyl (C=O) groups is 2. The van der Waals surface area contributed by atoms with Gasteiger partial charge in [0, 0.05) is 17.8 Å². The Hall–Kier alpha value is -3.70. The number of likely N-dealkylation sites (tertiary alicyclic amines) is 1. The van der Waals surface area contributed by atoms with Crippen LogP contribution in [-0.2, 0) is 11.2 Å². The zero-order valence-corrected chi connectivity index (χ0v) is 20.0. The van der Waals surface area contributed by atoms with Crippen LogP contribution in [0.3, 0.4) is 0 Å². The van der Waals surface area contributed by atoms with Crippen molar-refractivity contribution < 1.29 is 14.3 Å². The number of hydrogen-bond acceptors (Lipinski definition) is 4. The molecule has 1 amide bonds. The summed E-state index contributed by atoms with van der Waals surface area (Å²) in [5.74, 6) is -0.507. The van der Waals surface area contributed by atoms with Gasteiger partial charge in [-0.15, -0.1) is 0 Å². The van der Waals surface area contributed by atoms with E-state index in [9.17, 15) is 9.59 Å². The van der Waals surface area contributed by atoms with Crippen molar-refractivity contribution in [2.45, 2.75) is 25.7 Å². The van der Waals surface area contributed by atoms with E-state index in [-0.39, 0.29) is 11.9 Å². The van der Waals surface area contributed by atoms with E-state index in [0.717, 1.165) is 36.2 Å². The molecule has 0 unspecified atom stereocenters. The number of nitrogens with one attached hydrogen (secondary N) is 1. The summed E-state index contributed by atoms with van der Waals surface area (Å²) in [6, 6.07) is 20.9. The van der Waals surface area contributed by atoms with Gasteiger partial charge in [-0.1, -0.05) is 42.0 Å². The fraction of sp³-hybridized carbons (Fsp3) is 0.267. The Kier molecular flexibility index (Phi) is 6.77. The number of anilines is 1. The highest BCUT2D eigenvalue weighted by Gasteiger charge is 2.17. The number of nitrogens with zero attached hydrogens (tertiary/aromatic N) is 1. The first kappa shape index (κ1) is 23.1. The number of fused-ring (bicyclic) bond motifs is 1. The van der Waals surface area contributed by atoms with E-state index in [1.54, 1.807) is 24.3 Å². The van der Waals surface area contributed by atoms with Crippen LogP contribution in [0, 0.1) is 0 Å². The van der Waals surface area contributed by atoms with Crippen LogP contribution < -0.4 is 5.32 Å². The summed E-state index contributed by atoms with van der Waals surface area (Å²) >= 11 is 0. The SMILES string of the molecule is COC(=O)c1cccc(-c2ccc(C(=O)Nc3ccc4c(c3)CCC(CN3CCCC3)=C4)cc2)c1. The van der Waals surface area contributed by atoms with Crippen molar-refractivity contribution in [3.05, 3.63) is 94.6 Å². The molecular weight excluding hydrogens is 436 g/mol. The number of aryl methyl sites for hydroxylation is 1. The third-order valence-corrected chi connectivity index (χ3v) is 6.87. The Morgan fingerprint density at radius 3 is 2.46 bits per heavy atom. The highest BCUT2D eigenvalue weighted by molar-refractivity contribution is 6.04. The zero-order valence-electron chi connectivity index (χ0n) is 20.0. The van der Waals surface area contributed by atoms with E-state index in [1.165, 1.54) is 49.7 Å². The predicted molar refractivity (Wildman–Crippen MR) is 140 cm³/mol. The van der Waals surface area contributed by atoms with Gasteiger partial charge < -0.3 is 10.1 Å². The Balaban J connectivity index is 1.25. The molecule has 5 heteroatoms. The molecule has 1 saturated heterocycles. The maximum absolute atomic E-state index is 12.9. The van der Waals surface area contributed by atoms with E-state index >= 15 is 0 Å². The first-order chi connectivity index (χ1) is 17.1. The third kappa shape index (κ3) is 5.36. The summed E-state index contributed by atoms with van der Waals surface area (Å²) in [5, 5.41) is 3.04. The second-order valence-electron chi connectivity index (χ2n) is 9.30. The summed E-state index contributed by atoms with van der Waals surface area (Å²) < 4.78 is 4.80. The quantitative estimate of drug-likeness (QED) is 0.465. The number of esters is 1. The number of benzene rings is 3. The first-order valence-corrected chi connectivity index (χ1v) is 12.2. The maximum atomic E-state index is 12.9. The van der Waals surface area contributed by atoms with Crippen molar-refractivity contribution in [3.63, 3.8) is 0 Å². The number of methoxy groups -OCH3 is 1. The number of amides is 1. The number of hydrogen-bond donors (Lipinski definition) is 1. The Labute approximate surface area is 206 Å². The topological polar surface area (TPSA) is 58.6 Å². The van der Waals surface area contributed by atoms with Gasteiger partial charge in [-0.05, 0) is 97.4 Å². The van der Waals surface area contributed by atoms with Crippen molar-refractivity contribution >= 4 is 23.6 Å². The monoisotopic (exact) mass is 466 g/mol. The van der Waals surface area contributed by atoms with Crippen LogP contribution in [0.25, 0.3) is 17.2 Å². The molecule has 3 aromatic carbocycles. The normalized spacial score (nSPS) is 15.3. The van der Waals surface area contributed by atoms with Gasteiger partial charge >= 0.3 is 5.97 Å². The third-order valence-electron chi connectivity index (χ3n) is 6.87. The average Bonchev–Trinajstić information content (AvgIpc) is 3.41. The molecule has 1 N–H and O–H groups in total. The highest BCUT2D eigenvalue weighted by Crippen LogP contribution is 2.28. The lowest BCUT2D eigenvalue weighted by molar-refractivity contribution is 0.0600. The van der Waals surface area contributed by atoms with Crippen molar-refractivity contribution in [1.82, 2.24) is 4.90 Å². The second-order valence-corrected chi connectivity index (χ2v) is 9.30. The van der Waals surface area contributed by atoms with Gasteiger partial charge in [0.2, 0.25) is 0 Å². The molecule has 0 bridgehead atoms. The molecule has 2 aliphatic rings. The molecule has 1 heterocycles. The molecule has 35 heavy (non-hydrogen) atoms. The van der Waals surface area contributed by atoms with Crippen molar-refractivity contribution in [1.29, 1.82) is 0 Å². The summed E-state index contributed by atoms with van der Waals surface area (Å²) in [5.41, 5.74) is 7.79. The summed E-state index contributed by atoms with van der Waals surface area (Å²) in [6.45, 7) is 3.52. The summed E-state index contributed by atoms with van der Waals surface area (Å²) in [7, 11) is 1.37. The van der Waals surface area contributed by atoms with Crippen molar-refractivity contribution in [2.75, 3.05) is 32.1 Å². The number of rotatable bonds is 6. The summed E-state index contributed by atoms with van der Waals surface area (Å²) in [6.07, 6.45) is 7.06. The van der Waals surface area contributed by atoms with Crippen LogP contribution >= 0.6 is 0 Å². The van der Waals surface area contributed by atoms with Gasteiger partial charge in [0.25, 0.3) is 5.91 Å². The molecule has 1 fully saturated rings. The lowest BCUT2D eigenvalue weighted by Crippen LogP contribution is -2.23. The molecule has 0 saturated carbocycles. The molecule has 5 nitrogen and oxygen atoms in total. The molecule has 3 aromatic rings. The molecule has 1 aliphatic carbocycles. The van der Waals surface area contributed by atoms with Crippen LogP contribution in [0.4, 0.5) is 5.69 Å². The van der Waals surface area contributed by atoms with Gasteiger partial charge in [0.1, 0.15) is 0 Å².